The zero-order chi connectivity index (χ0) is 15.5. The van der Waals surface area contributed by atoms with E-state index in [-0.39, 0.29) is 24.9 Å². The average molecular weight is 294 g/mol. The zero-order valence-corrected chi connectivity index (χ0v) is 12.5. The van der Waals surface area contributed by atoms with E-state index < -0.39 is 5.60 Å². The second-order valence-electron chi connectivity index (χ2n) is 5.73. The Morgan fingerprint density at radius 1 is 1.48 bits per heavy atom. The van der Waals surface area contributed by atoms with Gasteiger partial charge < -0.3 is 19.7 Å². The van der Waals surface area contributed by atoms with Gasteiger partial charge >= 0.3 is 0 Å². The molecule has 1 unspecified atom stereocenters. The molecular formula is C15H22N2O4. The van der Waals surface area contributed by atoms with Gasteiger partial charge in [-0.1, -0.05) is 0 Å². The SMILES string of the molecule is Cc1ccc(C(C)(O)CNC(=O)CN2CCCCC2=O)o1. The number of likely N-dealkylation sites (tertiary alicyclic amines) is 1. The van der Waals surface area contributed by atoms with Crippen molar-refractivity contribution in [2.75, 3.05) is 19.6 Å². The maximum atomic E-state index is 11.9. The van der Waals surface area contributed by atoms with Crippen molar-refractivity contribution < 1.29 is 19.1 Å². The van der Waals surface area contributed by atoms with E-state index in [1.54, 1.807) is 30.9 Å². The largest absolute Gasteiger partial charge is 0.463 e. The first-order valence-corrected chi connectivity index (χ1v) is 7.22. The fourth-order valence-electron chi connectivity index (χ4n) is 2.34. The molecule has 2 amide bonds. The summed E-state index contributed by atoms with van der Waals surface area (Å²) in [7, 11) is 0. The van der Waals surface area contributed by atoms with Gasteiger partial charge in [-0.3, -0.25) is 9.59 Å². The molecule has 1 aliphatic rings. The van der Waals surface area contributed by atoms with E-state index in [1.165, 1.54) is 0 Å². The van der Waals surface area contributed by atoms with Gasteiger partial charge in [0.15, 0.2) is 0 Å². The highest BCUT2D eigenvalue weighted by atomic mass is 16.4. The van der Waals surface area contributed by atoms with Gasteiger partial charge in [-0.15, -0.1) is 0 Å². The molecular weight excluding hydrogens is 272 g/mol. The van der Waals surface area contributed by atoms with Crippen molar-refractivity contribution in [2.24, 2.45) is 0 Å². The Labute approximate surface area is 124 Å². The number of amides is 2. The molecule has 0 aliphatic carbocycles. The summed E-state index contributed by atoms with van der Waals surface area (Å²) in [5.74, 6) is 0.864. The number of rotatable bonds is 5. The summed E-state index contributed by atoms with van der Waals surface area (Å²) in [6.45, 7) is 4.09. The summed E-state index contributed by atoms with van der Waals surface area (Å²) in [6, 6.07) is 3.45. The summed E-state index contributed by atoms with van der Waals surface area (Å²) in [6.07, 6.45) is 2.34. The van der Waals surface area contributed by atoms with E-state index >= 15 is 0 Å². The molecule has 1 atom stereocenters. The van der Waals surface area contributed by atoms with Crippen LogP contribution in [-0.2, 0) is 15.2 Å². The Balaban J connectivity index is 1.84. The lowest BCUT2D eigenvalue weighted by Gasteiger charge is -2.27. The molecule has 0 radical (unpaired) electrons. The molecule has 2 heterocycles. The van der Waals surface area contributed by atoms with Crippen molar-refractivity contribution in [1.82, 2.24) is 10.2 Å². The van der Waals surface area contributed by atoms with Gasteiger partial charge in [-0.05, 0) is 38.8 Å². The summed E-state index contributed by atoms with van der Waals surface area (Å²) >= 11 is 0. The standard InChI is InChI=1S/C15H22N2O4/c1-11-6-7-12(21-11)15(2,20)10-16-13(18)9-17-8-4-3-5-14(17)19/h6-7,20H,3-5,8-10H2,1-2H3,(H,16,18). The van der Waals surface area contributed by atoms with Crippen LogP contribution in [0, 0.1) is 6.92 Å². The Hall–Kier alpha value is -1.82. The fourth-order valence-corrected chi connectivity index (χ4v) is 2.34. The van der Waals surface area contributed by atoms with Crippen molar-refractivity contribution in [1.29, 1.82) is 0 Å². The first kappa shape index (κ1) is 15.6. The van der Waals surface area contributed by atoms with Crippen LogP contribution in [0.3, 0.4) is 0 Å². The highest BCUT2D eigenvalue weighted by molar-refractivity contribution is 5.85. The van der Waals surface area contributed by atoms with Crippen LogP contribution in [-0.4, -0.2) is 41.5 Å². The fraction of sp³-hybridized carbons (Fsp3) is 0.600. The van der Waals surface area contributed by atoms with Crippen molar-refractivity contribution in [3.8, 4) is 0 Å². The van der Waals surface area contributed by atoms with Gasteiger partial charge in [-0.25, -0.2) is 0 Å². The van der Waals surface area contributed by atoms with Crippen LogP contribution in [0.4, 0.5) is 0 Å². The number of furan rings is 1. The lowest BCUT2D eigenvalue weighted by Crippen LogP contribution is -2.46. The van der Waals surface area contributed by atoms with Gasteiger partial charge in [0.2, 0.25) is 11.8 Å². The molecule has 21 heavy (non-hydrogen) atoms. The van der Waals surface area contributed by atoms with E-state index in [1.807, 2.05) is 0 Å². The molecule has 6 heteroatoms. The Morgan fingerprint density at radius 2 is 2.24 bits per heavy atom. The second-order valence-corrected chi connectivity index (χ2v) is 5.73. The molecule has 0 spiro atoms. The first-order chi connectivity index (χ1) is 9.88. The normalized spacial score (nSPS) is 18.4. The summed E-state index contributed by atoms with van der Waals surface area (Å²) in [5.41, 5.74) is -1.27. The Kier molecular flexibility index (Phi) is 4.67. The number of aryl methyl sites for hydroxylation is 1. The van der Waals surface area contributed by atoms with E-state index in [0.717, 1.165) is 12.8 Å². The number of aliphatic hydroxyl groups is 1. The van der Waals surface area contributed by atoms with Gasteiger partial charge in [0, 0.05) is 13.0 Å². The summed E-state index contributed by atoms with van der Waals surface area (Å²) in [4.78, 5) is 25.1. The minimum atomic E-state index is -1.27. The van der Waals surface area contributed by atoms with Gasteiger partial charge in [0.05, 0.1) is 13.1 Å². The maximum Gasteiger partial charge on any atom is 0.239 e. The van der Waals surface area contributed by atoms with E-state index in [4.69, 9.17) is 4.42 Å². The van der Waals surface area contributed by atoms with Crippen LogP contribution in [0.25, 0.3) is 0 Å². The van der Waals surface area contributed by atoms with E-state index in [2.05, 4.69) is 5.32 Å². The molecule has 0 aromatic carbocycles. The van der Waals surface area contributed by atoms with Crippen LogP contribution in [0.2, 0.25) is 0 Å². The smallest absolute Gasteiger partial charge is 0.239 e. The van der Waals surface area contributed by atoms with Crippen LogP contribution in [0.15, 0.2) is 16.5 Å². The van der Waals surface area contributed by atoms with Gasteiger partial charge in [0.1, 0.15) is 17.1 Å². The van der Waals surface area contributed by atoms with Crippen molar-refractivity contribution >= 4 is 11.8 Å². The molecule has 1 aromatic rings. The van der Waals surface area contributed by atoms with Crippen LogP contribution in [0.1, 0.15) is 37.7 Å². The number of carbonyl (C=O) groups excluding carboxylic acids is 2. The molecule has 6 nitrogen and oxygen atoms in total. The highest BCUT2D eigenvalue weighted by Crippen LogP contribution is 2.21. The highest BCUT2D eigenvalue weighted by Gasteiger charge is 2.28. The Morgan fingerprint density at radius 3 is 2.86 bits per heavy atom. The minimum Gasteiger partial charge on any atom is -0.463 e. The van der Waals surface area contributed by atoms with Crippen molar-refractivity contribution in [2.45, 2.75) is 38.7 Å². The quantitative estimate of drug-likeness (QED) is 0.846. The minimum absolute atomic E-state index is 0.0184. The van der Waals surface area contributed by atoms with Gasteiger partial charge in [0.25, 0.3) is 0 Å². The molecule has 1 saturated heterocycles. The number of piperidine rings is 1. The van der Waals surface area contributed by atoms with Crippen molar-refractivity contribution in [3.05, 3.63) is 23.7 Å². The number of hydrogen-bond acceptors (Lipinski definition) is 4. The first-order valence-electron chi connectivity index (χ1n) is 7.22. The molecule has 1 fully saturated rings. The zero-order valence-electron chi connectivity index (χ0n) is 12.5. The maximum absolute atomic E-state index is 11.9. The molecule has 116 valence electrons. The molecule has 1 aliphatic heterocycles. The van der Waals surface area contributed by atoms with E-state index in [0.29, 0.717) is 24.5 Å². The van der Waals surface area contributed by atoms with Crippen LogP contribution >= 0.6 is 0 Å². The number of nitrogens with one attached hydrogen (secondary N) is 1. The Bertz CT molecular complexity index is 521. The van der Waals surface area contributed by atoms with Crippen LogP contribution < -0.4 is 5.32 Å². The predicted octanol–water partition coefficient (Wildman–Crippen LogP) is 0.924. The van der Waals surface area contributed by atoms with Crippen LogP contribution in [0.5, 0.6) is 0 Å². The van der Waals surface area contributed by atoms with E-state index in [9.17, 15) is 14.7 Å². The molecule has 1 aromatic heterocycles. The third kappa shape index (κ3) is 4.07. The number of hydrogen-bond donors (Lipinski definition) is 2. The second kappa shape index (κ2) is 6.30. The lowest BCUT2D eigenvalue weighted by molar-refractivity contribution is -0.138. The monoisotopic (exact) mass is 294 g/mol. The lowest BCUT2D eigenvalue weighted by atomic mass is 10.0. The molecule has 2 N–H and O–H groups in total. The van der Waals surface area contributed by atoms with Crippen molar-refractivity contribution in [3.63, 3.8) is 0 Å². The molecule has 0 saturated carbocycles. The molecule has 0 bridgehead atoms. The third-order valence-corrected chi connectivity index (χ3v) is 3.66. The van der Waals surface area contributed by atoms with Gasteiger partial charge in [-0.2, -0.15) is 0 Å². The predicted molar refractivity (Wildman–Crippen MR) is 76.5 cm³/mol. The molecule has 2 rings (SSSR count). The number of nitrogens with zero attached hydrogens (tertiary/aromatic N) is 1. The third-order valence-electron chi connectivity index (χ3n) is 3.66. The topological polar surface area (TPSA) is 82.8 Å². The average Bonchev–Trinajstić information content (AvgIpc) is 2.87. The summed E-state index contributed by atoms with van der Waals surface area (Å²) < 4.78 is 5.38. The number of carbonyl (C=O) groups is 2. The summed E-state index contributed by atoms with van der Waals surface area (Å²) in [5, 5.41) is 13.0.